The van der Waals surface area contributed by atoms with Crippen LogP contribution in [0.25, 0.3) is 71.4 Å². The number of rotatable bonds is 4. The minimum atomic E-state index is 0.812. The van der Waals surface area contributed by atoms with E-state index in [1.54, 1.807) is 0 Å². The van der Waals surface area contributed by atoms with Gasteiger partial charge in [0.05, 0.1) is 0 Å². The monoisotopic (exact) mass is 575 g/mol. The van der Waals surface area contributed by atoms with Gasteiger partial charge >= 0.3 is 0 Å². The summed E-state index contributed by atoms with van der Waals surface area (Å²) in [7, 11) is 0. The molecule has 1 aromatic heterocycles. The Kier molecular flexibility index (Phi) is 5.99. The van der Waals surface area contributed by atoms with Crippen molar-refractivity contribution >= 4 is 49.2 Å². The highest BCUT2D eigenvalue weighted by Gasteiger charge is 2.19. The van der Waals surface area contributed by atoms with E-state index < -0.39 is 0 Å². The molecule has 0 fully saturated rings. The van der Waals surface area contributed by atoms with Gasteiger partial charge in [0.1, 0.15) is 11.5 Å². The first-order valence-electron chi connectivity index (χ1n) is 15.6. The lowest BCUT2D eigenvalue weighted by atomic mass is 9.87. The summed E-state index contributed by atoms with van der Waals surface area (Å²) in [5.41, 5.74) is 7.57. The Balaban J connectivity index is 1.21. The summed E-state index contributed by atoms with van der Waals surface area (Å²) >= 11 is 0. The molecule has 1 aliphatic rings. The van der Waals surface area contributed by atoms with E-state index in [1.807, 2.05) is 12.4 Å². The smallest absolute Gasteiger partial charge is 0.143 e. The lowest BCUT2D eigenvalue weighted by Gasteiger charge is -2.19. The zero-order valence-corrected chi connectivity index (χ0v) is 24.7. The van der Waals surface area contributed by atoms with Crippen LogP contribution in [0.15, 0.2) is 146 Å². The zero-order valence-electron chi connectivity index (χ0n) is 24.7. The number of ether oxygens (including phenoxy) is 1. The SMILES string of the molecule is C1=Cc2ccc(-c3ccc(Oc4c5ccccc5c(-c5cc6ccccc6c6ccccc56)c5cnccc45)cc3)cc2CC1. The summed E-state index contributed by atoms with van der Waals surface area (Å²) in [6, 6.07) is 45.7. The Morgan fingerprint density at radius 1 is 0.556 bits per heavy atom. The van der Waals surface area contributed by atoms with Crippen LogP contribution in [0.5, 0.6) is 11.5 Å². The van der Waals surface area contributed by atoms with Crippen molar-refractivity contribution in [2.45, 2.75) is 12.8 Å². The summed E-state index contributed by atoms with van der Waals surface area (Å²) < 4.78 is 6.80. The van der Waals surface area contributed by atoms with Crippen molar-refractivity contribution < 1.29 is 4.74 Å². The van der Waals surface area contributed by atoms with Crippen LogP contribution in [0.2, 0.25) is 0 Å². The lowest BCUT2D eigenvalue weighted by Crippen LogP contribution is -1.95. The van der Waals surface area contributed by atoms with Gasteiger partial charge in [-0.15, -0.1) is 0 Å². The second kappa shape index (κ2) is 10.5. The van der Waals surface area contributed by atoms with Crippen molar-refractivity contribution in [1.29, 1.82) is 0 Å². The van der Waals surface area contributed by atoms with E-state index in [9.17, 15) is 0 Å². The van der Waals surface area contributed by atoms with Gasteiger partial charge < -0.3 is 4.74 Å². The van der Waals surface area contributed by atoms with Crippen molar-refractivity contribution in [2.24, 2.45) is 0 Å². The Labute approximate surface area is 261 Å². The topological polar surface area (TPSA) is 22.1 Å². The van der Waals surface area contributed by atoms with Crippen LogP contribution in [0, 0.1) is 0 Å². The maximum absolute atomic E-state index is 6.80. The molecular weight excluding hydrogens is 546 g/mol. The second-order valence-corrected chi connectivity index (χ2v) is 11.8. The fourth-order valence-electron chi connectivity index (χ4n) is 7.09. The van der Waals surface area contributed by atoms with Crippen LogP contribution in [-0.4, -0.2) is 4.98 Å². The van der Waals surface area contributed by atoms with Crippen molar-refractivity contribution in [1.82, 2.24) is 4.98 Å². The fourth-order valence-corrected chi connectivity index (χ4v) is 7.09. The molecule has 45 heavy (non-hydrogen) atoms. The van der Waals surface area contributed by atoms with Crippen molar-refractivity contribution in [3.05, 3.63) is 157 Å². The molecule has 8 aromatic rings. The number of nitrogens with zero attached hydrogens (tertiary/aromatic N) is 1. The molecule has 0 unspecified atom stereocenters. The first-order valence-corrected chi connectivity index (χ1v) is 15.6. The molecule has 0 aliphatic heterocycles. The maximum Gasteiger partial charge on any atom is 0.143 e. The fraction of sp³-hybridized carbons (Fsp3) is 0.0465. The summed E-state index contributed by atoms with van der Waals surface area (Å²) in [6.45, 7) is 0. The van der Waals surface area contributed by atoms with E-state index in [0.717, 1.165) is 45.9 Å². The van der Waals surface area contributed by atoms with E-state index in [1.165, 1.54) is 54.9 Å². The van der Waals surface area contributed by atoms with Crippen LogP contribution in [0.1, 0.15) is 17.5 Å². The van der Waals surface area contributed by atoms with Crippen molar-refractivity contribution in [2.75, 3.05) is 0 Å². The number of benzene rings is 7. The van der Waals surface area contributed by atoms with E-state index >= 15 is 0 Å². The molecule has 7 aromatic carbocycles. The molecule has 212 valence electrons. The van der Waals surface area contributed by atoms with E-state index in [0.29, 0.717) is 0 Å². The largest absolute Gasteiger partial charge is 0.456 e. The van der Waals surface area contributed by atoms with E-state index in [2.05, 4.69) is 145 Å². The second-order valence-electron chi connectivity index (χ2n) is 11.8. The van der Waals surface area contributed by atoms with Gasteiger partial charge in [-0.2, -0.15) is 0 Å². The number of fused-ring (bicyclic) bond motifs is 6. The third kappa shape index (κ3) is 4.29. The molecular formula is C43H29NO. The van der Waals surface area contributed by atoms with Gasteiger partial charge in [0.2, 0.25) is 0 Å². The third-order valence-electron chi connectivity index (χ3n) is 9.24. The minimum Gasteiger partial charge on any atom is -0.456 e. The Morgan fingerprint density at radius 3 is 2.13 bits per heavy atom. The normalized spacial score (nSPS) is 12.6. The molecule has 1 aliphatic carbocycles. The van der Waals surface area contributed by atoms with Gasteiger partial charge in [0, 0.05) is 28.6 Å². The maximum atomic E-state index is 6.80. The average Bonchev–Trinajstić information content (AvgIpc) is 3.11. The molecule has 9 rings (SSSR count). The molecule has 0 N–H and O–H groups in total. The number of hydrogen-bond acceptors (Lipinski definition) is 2. The molecule has 0 spiro atoms. The van der Waals surface area contributed by atoms with Gasteiger partial charge in [0.25, 0.3) is 0 Å². The first kappa shape index (κ1) is 25.7. The number of hydrogen-bond donors (Lipinski definition) is 0. The number of pyridine rings is 1. The molecule has 1 heterocycles. The van der Waals surface area contributed by atoms with E-state index in [-0.39, 0.29) is 0 Å². The third-order valence-corrected chi connectivity index (χ3v) is 9.24. The highest BCUT2D eigenvalue weighted by Crippen LogP contribution is 2.47. The van der Waals surface area contributed by atoms with Crippen LogP contribution < -0.4 is 4.74 Å². The zero-order chi connectivity index (χ0) is 29.7. The molecule has 0 saturated carbocycles. The van der Waals surface area contributed by atoms with E-state index in [4.69, 9.17) is 4.74 Å². The first-order chi connectivity index (χ1) is 22.3. The van der Waals surface area contributed by atoms with Gasteiger partial charge in [-0.1, -0.05) is 115 Å². The summed E-state index contributed by atoms with van der Waals surface area (Å²) in [5, 5.41) is 9.32. The molecule has 2 nitrogen and oxygen atoms in total. The van der Waals surface area contributed by atoms with Gasteiger partial charge in [-0.3, -0.25) is 4.98 Å². The van der Waals surface area contributed by atoms with Crippen LogP contribution in [0.4, 0.5) is 0 Å². The number of aryl methyl sites for hydroxylation is 1. The Morgan fingerprint density at radius 2 is 1.27 bits per heavy atom. The van der Waals surface area contributed by atoms with Crippen LogP contribution >= 0.6 is 0 Å². The summed E-state index contributed by atoms with van der Waals surface area (Å²) in [6.07, 6.45) is 10.5. The molecule has 0 bridgehead atoms. The Hall–Kier alpha value is -5.73. The van der Waals surface area contributed by atoms with Gasteiger partial charge in [-0.25, -0.2) is 0 Å². The summed E-state index contributed by atoms with van der Waals surface area (Å²) in [5.74, 6) is 1.66. The highest BCUT2D eigenvalue weighted by molar-refractivity contribution is 6.23. The molecule has 2 heteroatoms. The van der Waals surface area contributed by atoms with Gasteiger partial charge in [0.15, 0.2) is 0 Å². The molecule has 0 radical (unpaired) electrons. The summed E-state index contributed by atoms with van der Waals surface area (Å²) in [4.78, 5) is 4.61. The molecule has 0 amide bonds. The Bertz CT molecular complexity index is 2400. The number of aromatic nitrogens is 1. The lowest BCUT2D eigenvalue weighted by molar-refractivity contribution is 0.494. The van der Waals surface area contributed by atoms with Gasteiger partial charge in [-0.05, 0) is 97.4 Å². The average molecular weight is 576 g/mol. The number of allylic oxidation sites excluding steroid dienone is 1. The standard InChI is InChI=1S/C43H29NO/c1-2-10-30-25-31(18-17-28(30)9-1)29-19-21-33(22-20-29)45-43-38-16-8-7-15-37(38)42(41-27-44-24-23-39(41)43)40-26-32-11-3-4-12-34(32)35-13-5-6-14-36(35)40/h1,3-9,11-27H,2,10H2. The predicted molar refractivity (Wildman–Crippen MR) is 189 cm³/mol. The molecule has 0 atom stereocenters. The minimum absolute atomic E-state index is 0.812. The highest BCUT2D eigenvalue weighted by atomic mass is 16.5. The van der Waals surface area contributed by atoms with Crippen LogP contribution in [0.3, 0.4) is 0 Å². The van der Waals surface area contributed by atoms with Crippen LogP contribution in [-0.2, 0) is 6.42 Å². The molecule has 0 saturated heterocycles. The quantitative estimate of drug-likeness (QED) is 0.154. The van der Waals surface area contributed by atoms with Crippen molar-refractivity contribution in [3.8, 4) is 33.8 Å². The predicted octanol–water partition coefficient (Wildman–Crippen LogP) is 11.8. The van der Waals surface area contributed by atoms with Crippen molar-refractivity contribution in [3.63, 3.8) is 0 Å².